The Hall–Kier alpha value is -2.95. The molecule has 4 heterocycles. The van der Waals surface area contributed by atoms with Crippen molar-refractivity contribution in [2.24, 2.45) is 0 Å². The molecule has 0 aliphatic carbocycles. The second-order valence-corrected chi connectivity index (χ2v) is 9.80. The molecule has 2 aliphatic rings. The van der Waals surface area contributed by atoms with E-state index in [9.17, 15) is 5.11 Å². The Labute approximate surface area is 206 Å². The molecule has 0 saturated carbocycles. The maximum Gasteiger partial charge on any atom is 0.318 e. The summed E-state index contributed by atoms with van der Waals surface area (Å²) in [6.45, 7) is 10.2. The minimum atomic E-state index is -0.137. The number of rotatable bonds is 7. The summed E-state index contributed by atoms with van der Waals surface area (Å²) in [5.41, 5.74) is 5.53. The third-order valence-electron chi connectivity index (χ3n) is 6.82. The number of benzene rings is 1. The molecule has 10 nitrogen and oxygen atoms in total. The zero-order chi connectivity index (χ0) is 24.5. The number of hydrogen-bond acceptors (Lipinski definition) is 9. The highest BCUT2D eigenvalue weighted by Crippen LogP contribution is 2.36. The van der Waals surface area contributed by atoms with Crippen LogP contribution >= 0.6 is 0 Å². The van der Waals surface area contributed by atoms with E-state index in [-0.39, 0.29) is 12.8 Å². The zero-order valence-corrected chi connectivity index (χ0v) is 21.2. The van der Waals surface area contributed by atoms with Crippen LogP contribution in [-0.2, 0) is 19.7 Å². The molecule has 0 radical (unpaired) electrons. The lowest BCUT2D eigenvalue weighted by Gasteiger charge is -2.36. The number of fused-ring (bicyclic) bond motifs is 2. The van der Waals surface area contributed by atoms with Crippen LogP contribution in [-0.4, -0.2) is 89.2 Å². The van der Waals surface area contributed by atoms with Crippen molar-refractivity contribution in [3.63, 3.8) is 0 Å². The predicted octanol–water partition coefficient (Wildman–Crippen LogP) is 1.39. The van der Waals surface area contributed by atoms with Gasteiger partial charge in [0.1, 0.15) is 18.7 Å². The van der Waals surface area contributed by atoms with Gasteiger partial charge >= 0.3 is 6.01 Å². The Bertz CT molecular complexity index is 1190. The van der Waals surface area contributed by atoms with Crippen LogP contribution in [0.1, 0.15) is 23.7 Å². The third kappa shape index (κ3) is 4.78. The molecule has 2 aliphatic heterocycles. The Morgan fingerprint density at radius 1 is 1.14 bits per heavy atom. The number of aromatic nitrogens is 4. The highest BCUT2D eigenvalue weighted by molar-refractivity contribution is 5.94. The van der Waals surface area contributed by atoms with Crippen molar-refractivity contribution < 1.29 is 9.84 Å². The van der Waals surface area contributed by atoms with Crippen molar-refractivity contribution in [3.8, 4) is 6.01 Å². The quantitative estimate of drug-likeness (QED) is 0.520. The normalized spacial score (nSPS) is 17.2. The number of aliphatic hydroxyl groups excluding tert-OH is 1. The number of nitrogens with one attached hydrogen (secondary N) is 1. The monoisotopic (exact) mass is 480 g/mol. The van der Waals surface area contributed by atoms with Gasteiger partial charge in [0, 0.05) is 50.2 Å². The van der Waals surface area contributed by atoms with Crippen molar-refractivity contribution >= 4 is 22.4 Å². The number of nitrogens with zero attached hydrogens (tertiary/aromatic N) is 7. The smallest absolute Gasteiger partial charge is 0.318 e. The lowest BCUT2D eigenvalue weighted by molar-refractivity contribution is 0.163. The number of piperazine rings is 1. The molecular formula is C25H36N8O2. The summed E-state index contributed by atoms with van der Waals surface area (Å²) in [7, 11) is 4.08. The number of aliphatic hydroxyl groups is 1. The predicted molar refractivity (Wildman–Crippen MR) is 137 cm³/mol. The van der Waals surface area contributed by atoms with Gasteiger partial charge in [0.25, 0.3) is 0 Å². The van der Waals surface area contributed by atoms with Gasteiger partial charge in [0.15, 0.2) is 0 Å². The second kappa shape index (κ2) is 9.96. The zero-order valence-electron chi connectivity index (χ0n) is 21.2. The van der Waals surface area contributed by atoms with Gasteiger partial charge in [-0.15, -0.1) is 0 Å². The van der Waals surface area contributed by atoms with Gasteiger partial charge < -0.3 is 29.9 Å². The molecule has 1 saturated heterocycles. The number of likely N-dealkylation sites (N-methyl/N-ethyl adjacent to an activating group) is 1. The molecule has 5 rings (SSSR count). The van der Waals surface area contributed by atoms with Gasteiger partial charge in [-0.3, -0.25) is 0 Å². The van der Waals surface area contributed by atoms with Crippen LogP contribution in [0.4, 0.5) is 11.5 Å². The van der Waals surface area contributed by atoms with Crippen molar-refractivity contribution in [3.05, 3.63) is 35.2 Å². The average molecular weight is 481 g/mol. The third-order valence-corrected chi connectivity index (χ3v) is 6.82. The minimum absolute atomic E-state index is 0.0149. The topological polar surface area (TPSA) is 94.8 Å². The van der Waals surface area contributed by atoms with Gasteiger partial charge in [-0.1, -0.05) is 6.07 Å². The fraction of sp³-hybridized carbons (Fsp3) is 0.560. The maximum absolute atomic E-state index is 9.68. The van der Waals surface area contributed by atoms with Gasteiger partial charge in [0.05, 0.1) is 29.6 Å². The Balaban J connectivity index is 1.51. The molecule has 188 valence electrons. The summed E-state index contributed by atoms with van der Waals surface area (Å²) < 4.78 is 7.83. The highest BCUT2D eigenvalue weighted by atomic mass is 16.5. The molecule has 0 amide bonds. The Kier molecular flexibility index (Phi) is 6.77. The Morgan fingerprint density at radius 2 is 1.94 bits per heavy atom. The lowest BCUT2D eigenvalue weighted by atomic mass is 10.0. The average Bonchev–Trinajstić information content (AvgIpc) is 3.26. The van der Waals surface area contributed by atoms with Crippen molar-refractivity contribution in [1.82, 2.24) is 30.0 Å². The van der Waals surface area contributed by atoms with Crippen LogP contribution in [0.5, 0.6) is 6.01 Å². The van der Waals surface area contributed by atoms with Crippen LogP contribution in [0, 0.1) is 6.92 Å². The molecule has 1 aromatic carbocycles. The first-order valence-electron chi connectivity index (χ1n) is 12.4. The van der Waals surface area contributed by atoms with E-state index in [1.54, 1.807) is 4.68 Å². The van der Waals surface area contributed by atoms with Gasteiger partial charge in [-0.25, -0.2) is 4.68 Å². The standard InChI is InChI=1S/C25H36N8O2/c1-17-5-6-22-20(13-27-33(22)16-34)23(17)32-10-7-19-21(15-32)28-25(35-18(2)14-30(3)4)29-24(19)31-11-8-26-9-12-31/h5-6,13,18,26,34H,7-12,14-16H2,1-4H3. The molecule has 1 fully saturated rings. The van der Waals surface area contributed by atoms with E-state index in [1.807, 2.05) is 26.4 Å². The molecule has 0 bridgehead atoms. The van der Waals surface area contributed by atoms with Crippen molar-refractivity contribution in [1.29, 1.82) is 0 Å². The van der Waals surface area contributed by atoms with Crippen LogP contribution in [0.3, 0.4) is 0 Å². The van der Waals surface area contributed by atoms with E-state index >= 15 is 0 Å². The second-order valence-electron chi connectivity index (χ2n) is 9.80. The van der Waals surface area contributed by atoms with Gasteiger partial charge in [0.2, 0.25) is 0 Å². The first-order chi connectivity index (χ1) is 16.9. The van der Waals surface area contributed by atoms with E-state index in [0.29, 0.717) is 12.6 Å². The number of anilines is 2. The van der Waals surface area contributed by atoms with Gasteiger partial charge in [-0.2, -0.15) is 15.1 Å². The summed E-state index contributed by atoms with van der Waals surface area (Å²) in [6.07, 6.45) is 2.71. The van der Waals surface area contributed by atoms with Crippen molar-refractivity contribution in [2.45, 2.75) is 39.6 Å². The number of aryl methyl sites for hydroxylation is 1. The molecule has 3 aromatic rings. The van der Waals surface area contributed by atoms with E-state index in [4.69, 9.17) is 14.7 Å². The first kappa shape index (κ1) is 23.8. The van der Waals surface area contributed by atoms with E-state index in [0.717, 1.165) is 73.8 Å². The van der Waals surface area contributed by atoms with E-state index in [2.05, 4.69) is 45.0 Å². The summed E-state index contributed by atoms with van der Waals surface area (Å²) in [5.74, 6) is 1.02. The van der Waals surface area contributed by atoms with Crippen LogP contribution in [0.25, 0.3) is 10.9 Å². The molecule has 2 aromatic heterocycles. The number of hydrogen-bond donors (Lipinski definition) is 2. The summed E-state index contributed by atoms with van der Waals surface area (Å²) >= 11 is 0. The Morgan fingerprint density at radius 3 is 2.69 bits per heavy atom. The minimum Gasteiger partial charge on any atom is -0.459 e. The largest absolute Gasteiger partial charge is 0.459 e. The van der Waals surface area contributed by atoms with Crippen LogP contribution < -0.4 is 19.9 Å². The summed E-state index contributed by atoms with van der Waals surface area (Å²) in [6, 6.07) is 4.58. The highest BCUT2D eigenvalue weighted by Gasteiger charge is 2.28. The van der Waals surface area contributed by atoms with Crippen molar-refractivity contribution in [2.75, 3.05) is 63.2 Å². The fourth-order valence-corrected chi connectivity index (χ4v) is 5.28. The number of ether oxygens (including phenoxy) is 1. The van der Waals surface area contributed by atoms with Crippen LogP contribution in [0.2, 0.25) is 0 Å². The maximum atomic E-state index is 9.68. The lowest BCUT2D eigenvalue weighted by Crippen LogP contribution is -2.45. The van der Waals surface area contributed by atoms with Crippen LogP contribution in [0.15, 0.2) is 18.3 Å². The first-order valence-corrected chi connectivity index (χ1v) is 12.4. The molecule has 2 N–H and O–H groups in total. The summed E-state index contributed by atoms with van der Waals surface area (Å²) in [4.78, 5) is 16.7. The molecule has 10 heteroatoms. The molecule has 0 spiro atoms. The fourth-order valence-electron chi connectivity index (χ4n) is 5.28. The van der Waals surface area contributed by atoms with E-state index in [1.165, 1.54) is 11.1 Å². The summed E-state index contributed by atoms with van der Waals surface area (Å²) in [5, 5.41) is 18.5. The molecule has 1 atom stereocenters. The SMILES string of the molecule is Cc1ccc2c(cnn2CO)c1N1CCc2c(nc(OC(C)CN(C)C)nc2N2CCNCC2)C1. The molecular weight excluding hydrogens is 444 g/mol. The van der Waals surface area contributed by atoms with Gasteiger partial charge in [-0.05, 0) is 46.0 Å². The molecule has 1 unspecified atom stereocenters. The molecule has 35 heavy (non-hydrogen) atoms. The van der Waals surface area contributed by atoms with E-state index < -0.39 is 0 Å².